The molecule has 108 valence electrons. The maximum absolute atomic E-state index is 12.0. The molecular formula is C12H20N2O5. The van der Waals surface area contributed by atoms with Gasteiger partial charge >= 0.3 is 11.9 Å². The lowest BCUT2D eigenvalue weighted by atomic mass is 10.0. The zero-order valence-electron chi connectivity index (χ0n) is 11.1. The van der Waals surface area contributed by atoms with Crippen molar-refractivity contribution >= 4 is 17.8 Å². The Morgan fingerprint density at radius 1 is 1.47 bits per heavy atom. The number of carboxylic acid groups (broad SMARTS) is 1. The number of carbonyl (C=O) groups excluding carboxylic acids is 2. The van der Waals surface area contributed by atoms with Crippen LogP contribution < -0.4 is 10.6 Å². The van der Waals surface area contributed by atoms with Crippen molar-refractivity contribution in [3.8, 4) is 0 Å². The highest BCUT2D eigenvalue weighted by Gasteiger charge is 2.32. The smallest absolute Gasteiger partial charge is 0.326 e. The topological polar surface area (TPSA) is 105 Å². The summed E-state index contributed by atoms with van der Waals surface area (Å²) in [4.78, 5) is 34.0. The van der Waals surface area contributed by atoms with Crippen LogP contribution in [0.1, 0.15) is 26.2 Å². The van der Waals surface area contributed by atoms with Crippen LogP contribution in [0.15, 0.2) is 0 Å². The van der Waals surface area contributed by atoms with E-state index in [1.54, 1.807) is 0 Å². The van der Waals surface area contributed by atoms with E-state index in [0.717, 1.165) is 6.54 Å². The van der Waals surface area contributed by atoms with Crippen LogP contribution in [0.2, 0.25) is 0 Å². The first-order chi connectivity index (χ1) is 8.95. The Morgan fingerprint density at radius 2 is 2.16 bits per heavy atom. The molecule has 1 saturated heterocycles. The van der Waals surface area contributed by atoms with Gasteiger partial charge in [-0.25, -0.2) is 4.79 Å². The van der Waals surface area contributed by atoms with Gasteiger partial charge < -0.3 is 20.5 Å². The van der Waals surface area contributed by atoms with Crippen LogP contribution in [-0.2, 0) is 19.1 Å². The first kappa shape index (κ1) is 15.4. The van der Waals surface area contributed by atoms with Crippen molar-refractivity contribution in [1.82, 2.24) is 10.6 Å². The molecule has 1 aliphatic rings. The Balaban J connectivity index is 2.51. The lowest BCUT2D eigenvalue weighted by Crippen LogP contribution is -2.46. The molecule has 0 radical (unpaired) electrons. The highest BCUT2D eigenvalue weighted by Crippen LogP contribution is 2.15. The van der Waals surface area contributed by atoms with Gasteiger partial charge in [0.05, 0.1) is 13.0 Å². The molecule has 1 rings (SSSR count). The van der Waals surface area contributed by atoms with Crippen LogP contribution in [-0.4, -0.2) is 48.7 Å². The number of hydrogen-bond donors (Lipinski definition) is 3. The molecular weight excluding hydrogens is 252 g/mol. The fourth-order valence-electron chi connectivity index (χ4n) is 2.12. The monoisotopic (exact) mass is 272 g/mol. The fraction of sp³-hybridized carbons (Fsp3) is 0.750. The number of amides is 1. The van der Waals surface area contributed by atoms with Gasteiger partial charge in [0, 0.05) is 12.5 Å². The van der Waals surface area contributed by atoms with E-state index in [1.807, 2.05) is 6.92 Å². The average molecular weight is 272 g/mol. The Morgan fingerprint density at radius 3 is 2.63 bits per heavy atom. The van der Waals surface area contributed by atoms with E-state index in [0.29, 0.717) is 6.42 Å². The molecule has 1 heterocycles. The molecule has 1 aliphatic heterocycles. The second kappa shape index (κ2) is 7.08. The first-order valence-electron chi connectivity index (χ1n) is 6.29. The molecule has 0 aromatic carbocycles. The summed E-state index contributed by atoms with van der Waals surface area (Å²) in [5, 5.41) is 14.6. The Labute approximate surface area is 111 Å². The zero-order valence-corrected chi connectivity index (χ0v) is 11.1. The normalized spacial score (nSPS) is 23.7. The summed E-state index contributed by atoms with van der Waals surface area (Å²) in [6.45, 7) is 2.64. The number of rotatable bonds is 6. The molecule has 0 aliphatic carbocycles. The van der Waals surface area contributed by atoms with Gasteiger partial charge in [-0.05, 0) is 26.3 Å². The molecule has 7 nitrogen and oxygen atoms in total. The number of ether oxygens (including phenoxy) is 1. The van der Waals surface area contributed by atoms with Gasteiger partial charge in [0.15, 0.2) is 0 Å². The van der Waals surface area contributed by atoms with Gasteiger partial charge in [0.2, 0.25) is 5.91 Å². The fourth-order valence-corrected chi connectivity index (χ4v) is 2.12. The maximum atomic E-state index is 12.0. The third-order valence-electron chi connectivity index (χ3n) is 3.34. The number of nitrogens with one attached hydrogen (secondary N) is 2. The third kappa shape index (κ3) is 4.51. The van der Waals surface area contributed by atoms with Crippen molar-refractivity contribution in [2.75, 3.05) is 13.7 Å². The highest BCUT2D eigenvalue weighted by atomic mass is 16.5. The third-order valence-corrected chi connectivity index (χ3v) is 3.34. The van der Waals surface area contributed by atoms with Crippen LogP contribution >= 0.6 is 0 Å². The SMILES string of the molecule is COC(=O)CCC(NC(=O)C1CCNC1C)C(=O)O. The molecule has 0 spiro atoms. The van der Waals surface area contributed by atoms with Gasteiger partial charge in [-0.1, -0.05) is 0 Å². The van der Waals surface area contributed by atoms with Crippen molar-refractivity contribution in [2.24, 2.45) is 5.92 Å². The quantitative estimate of drug-likeness (QED) is 0.563. The van der Waals surface area contributed by atoms with Gasteiger partial charge in [-0.3, -0.25) is 9.59 Å². The molecule has 0 bridgehead atoms. The number of hydrogen-bond acceptors (Lipinski definition) is 5. The van der Waals surface area contributed by atoms with E-state index in [1.165, 1.54) is 7.11 Å². The van der Waals surface area contributed by atoms with Crippen LogP contribution in [0.5, 0.6) is 0 Å². The molecule has 0 aromatic heterocycles. The summed E-state index contributed by atoms with van der Waals surface area (Å²) in [5.41, 5.74) is 0. The second-order valence-electron chi connectivity index (χ2n) is 4.65. The molecule has 0 saturated carbocycles. The molecule has 19 heavy (non-hydrogen) atoms. The number of methoxy groups -OCH3 is 1. The predicted molar refractivity (Wildman–Crippen MR) is 66.4 cm³/mol. The van der Waals surface area contributed by atoms with E-state index in [9.17, 15) is 14.4 Å². The average Bonchev–Trinajstić information content (AvgIpc) is 2.79. The van der Waals surface area contributed by atoms with Gasteiger partial charge in [0.1, 0.15) is 6.04 Å². The summed E-state index contributed by atoms with van der Waals surface area (Å²) < 4.78 is 4.45. The standard InChI is InChI=1S/C12H20N2O5/c1-7-8(5-6-13-7)11(16)14-9(12(17)18)3-4-10(15)19-2/h7-9,13H,3-6H2,1-2H3,(H,14,16)(H,17,18). The Bertz CT molecular complexity index is 358. The molecule has 1 fully saturated rings. The lowest BCUT2D eigenvalue weighted by Gasteiger charge is -2.19. The summed E-state index contributed by atoms with van der Waals surface area (Å²) in [5.74, 6) is -2.14. The minimum atomic E-state index is -1.14. The number of carbonyl (C=O) groups is 3. The van der Waals surface area contributed by atoms with Crippen LogP contribution in [0.4, 0.5) is 0 Å². The molecule has 3 unspecified atom stereocenters. The first-order valence-corrected chi connectivity index (χ1v) is 6.29. The minimum absolute atomic E-state index is 0.0300. The molecule has 0 aromatic rings. The van der Waals surface area contributed by atoms with Crippen molar-refractivity contribution in [1.29, 1.82) is 0 Å². The summed E-state index contributed by atoms with van der Waals surface area (Å²) in [7, 11) is 1.24. The predicted octanol–water partition coefficient (Wildman–Crippen LogP) is -0.493. The summed E-state index contributed by atoms with van der Waals surface area (Å²) in [6, 6.07) is -1.02. The number of esters is 1. The van der Waals surface area contributed by atoms with Gasteiger partial charge in [-0.2, -0.15) is 0 Å². The molecule has 1 amide bonds. The van der Waals surface area contributed by atoms with Gasteiger partial charge in [0.25, 0.3) is 0 Å². The molecule has 3 atom stereocenters. The molecule has 3 N–H and O–H groups in total. The Kier molecular flexibility index (Phi) is 5.75. The largest absolute Gasteiger partial charge is 0.480 e. The Hall–Kier alpha value is -1.63. The highest BCUT2D eigenvalue weighted by molar-refractivity contribution is 5.86. The zero-order chi connectivity index (χ0) is 14.4. The van der Waals surface area contributed by atoms with Crippen LogP contribution in [0.3, 0.4) is 0 Å². The van der Waals surface area contributed by atoms with Crippen LogP contribution in [0.25, 0.3) is 0 Å². The van der Waals surface area contributed by atoms with Crippen molar-refractivity contribution in [3.63, 3.8) is 0 Å². The van der Waals surface area contributed by atoms with Gasteiger partial charge in [-0.15, -0.1) is 0 Å². The summed E-state index contributed by atoms with van der Waals surface area (Å²) >= 11 is 0. The van der Waals surface area contributed by atoms with E-state index in [4.69, 9.17) is 5.11 Å². The van der Waals surface area contributed by atoms with E-state index in [2.05, 4.69) is 15.4 Å². The van der Waals surface area contributed by atoms with Crippen molar-refractivity contribution in [2.45, 2.75) is 38.3 Å². The lowest BCUT2D eigenvalue weighted by molar-refractivity contribution is -0.144. The maximum Gasteiger partial charge on any atom is 0.326 e. The van der Waals surface area contributed by atoms with Crippen LogP contribution in [0, 0.1) is 5.92 Å². The molecule has 7 heteroatoms. The van der Waals surface area contributed by atoms with E-state index >= 15 is 0 Å². The number of carboxylic acids is 1. The minimum Gasteiger partial charge on any atom is -0.480 e. The second-order valence-corrected chi connectivity index (χ2v) is 4.65. The van der Waals surface area contributed by atoms with Crippen molar-refractivity contribution in [3.05, 3.63) is 0 Å². The number of aliphatic carboxylic acids is 1. The summed E-state index contributed by atoms with van der Waals surface area (Å²) in [6.07, 6.45) is 0.685. The van der Waals surface area contributed by atoms with Crippen molar-refractivity contribution < 1.29 is 24.2 Å². The van der Waals surface area contributed by atoms with E-state index < -0.39 is 18.0 Å². The van der Waals surface area contributed by atoms with E-state index in [-0.39, 0.29) is 30.7 Å².